The molecule has 4 nitrogen and oxygen atoms in total. The Balaban J connectivity index is 2.77. The molecule has 0 aliphatic carbocycles. The molecule has 0 fully saturated rings. The Hall–Kier alpha value is -1.29. The van der Waals surface area contributed by atoms with Crippen molar-refractivity contribution in [3.05, 3.63) is 23.7 Å². The highest BCUT2D eigenvalue weighted by Gasteiger charge is 2.23. The van der Waals surface area contributed by atoms with Crippen LogP contribution >= 0.6 is 0 Å². The molecule has 2 N–H and O–H groups in total. The highest BCUT2D eigenvalue weighted by atomic mass is 16.3. The molecule has 0 atom stereocenters. The molecule has 0 saturated carbocycles. The summed E-state index contributed by atoms with van der Waals surface area (Å²) >= 11 is 0. The normalized spacial score (nSPS) is 11.6. The van der Waals surface area contributed by atoms with E-state index in [-0.39, 0.29) is 11.3 Å². The largest absolute Gasteiger partial charge is 0.469 e. The summed E-state index contributed by atoms with van der Waals surface area (Å²) in [7, 11) is 1.80. The third-order valence-corrected chi connectivity index (χ3v) is 2.86. The van der Waals surface area contributed by atoms with Crippen molar-refractivity contribution in [1.29, 1.82) is 0 Å². The van der Waals surface area contributed by atoms with Crippen LogP contribution in [0.2, 0.25) is 0 Å². The first-order valence-corrected chi connectivity index (χ1v) is 5.93. The summed E-state index contributed by atoms with van der Waals surface area (Å²) in [6.45, 7) is 7.26. The maximum atomic E-state index is 12.2. The van der Waals surface area contributed by atoms with Crippen molar-refractivity contribution in [2.75, 3.05) is 20.1 Å². The lowest BCUT2D eigenvalue weighted by molar-refractivity contribution is 0.0738. The molecule has 1 amide bonds. The summed E-state index contributed by atoms with van der Waals surface area (Å²) in [5.74, 6) is 0.740. The topological polar surface area (TPSA) is 59.5 Å². The summed E-state index contributed by atoms with van der Waals surface area (Å²) < 4.78 is 5.27. The van der Waals surface area contributed by atoms with Gasteiger partial charge in [-0.15, -0.1) is 0 Å². The smallest absolute Gasteiger partial charge is 0.257 e. The van der Waals surface area contributed by atoms with E-state index < -0.39 is 0 Å². The lowest BCUT2D eigenvalue weighted by Gasteiger charge is -2.29. The van der Waals surface area contributed by atoms with E-state index in [9.17, 15) is 4.79 Å². The predicted molar refractivity (Wildman–Crippen MR) is 67.9 cm³/mol. The molecule has 1 aromatic rings. The molecule has 0 aliphatic heterocycles. The number of amides is 1. The second-order valence-electron chi connectivity index (χ2n) is 5.14. The molecule has 0 aliphatic rings. The number of nitrogens with zero attached hydrogens (tertiary/aromatic N) is 1. The summed E-state index contributed by atoms with van der Waals surface area (Å²) in [5.41, 5.74) is 6.26. The number of rotatable bonds is 5. The Morgan fingerprint density at radius 3 is 2.71 bits per heavy atom. The Morgan fingerprint density at radius 2 is 2.18 bits per heavy atom. The van der Waals surface area contributed by atoms with Crippen LogP contribution in [0, 0.1) is 5.41 Å². The predicted octanol–water partition coefficient (Wildman–Crippen LogP) is 1.90. The summed E-state index contributed by atoms with van der Waals surface area (Å²) in [4.78, 5) is 13.9. The first-order chi connectivity index (χ1) is 7.91. The molecule has 96 valence electrons. The lowest BCUT2D eigenvalue weighted by atomic mass is 9.93. The second kappa shape index (κ2) is 5.36. The molecule has 17 heavy (non-hydrogen) atoms. The van der Waals surface area contributed by atoms with Crippen molar-refractivity contribution in [2.24, 2.45) is 11.1 Å². The van der Waals surface area contributed by atoms with Crippen molar-refractivity contribution in [1.82, 2.24) is 4.90 Å². The van der Waals surface area contributed by atoms with Gasteiger partial charge >= 0.3 is 0 Å². The molecular weight excluding hydrogens is 216 g/mol. The minimum atomic E-state index is -0.0689. The Morgan fingerprint density at radius 1 is 1.53 bits per heavy atom. The number of carbonyl (C=O) groups excluding carboxylic acids is 1. The zero-order valence-corrected chi connectivity index (χ0v) is 11.1. The molecule has 0 unspecified atom stereocenters. The van der Waals surface area contributed by atoms with Crippen LogP contribution in [0.5, 0.6) is 0 Å². The first-order valence-electron chi connectivity index (χ1n) is 5.93. The quantitative estimate of drug-likeness (QED) is 0.852. The average Bonchev–Trinajstić information content (AvgIpc) is 2.75. The fourth-order valence-corrected chi connectivity index (χ4v) is 1.79. The van der Waals surface area contributed by atoms with Crippen LogP contribution in [0.4, 0.5) is 0 Å². The van der Waals surface area contributed by atoms with Crippen molar-refractivity contribution in [2.45, 2.75) is 27.2 Å². The van der Waals surface area contributed by atoms with Gasteiger partial charge < -0.3 is 15.1 Å². The van der Waals surface area contributed by atoms with Crippen molar-refractivity contribution >= 4 is 5.91 Å². The fraction of sp³-hybridized carbons (Fsp3) is 0.615. The number of hydrogen-bond donors (Lipinski definition) is 1. The van der Waals surface area contributed by atoms with Gasteiger partial charge in [0.05, 0.1) is 11.8 Å². The van der Waals surface area contributed by atoms with Gasteiger partial charge in [-0.1, -0.05) is 20.8 Å². The van der Waals surface area contributed by atoms with E-state index in [0.29, 0.717) is 18.7 Å². The fourth-order valence-electron chi connectivity index (χ4n) is 1.79. The van der Waals surface area contributed by atoms with E-state index in [0.717, 1.165) is 12.2 Å². The summed E-state index contributed by atoms with van der Waals surface area (Å²) in [6, 6.07) is 1.73. The molecule has 0 spiro atoms. The van der Waals surface area contributed by atoms with Crippen LogP contribution in [-0.2, 0) is 6.42 Å². The van der Waals surface area contributed by atoms with Crippen LogP contribution < -0.4 is 5.73 Å². The van der Waals surface area contributed by atoms with Crippen LogP contribution in [0.3, 0.4) is 0 Å². The third-order valence-electron chi connectivity index (χ3n) is 2.86. The van der Waals surface area contributed by atoms with E-state index in [1.807, 2.05) is 20.8 Å². The minimum Gasteiger partial charge on any atom is -0.469 e. The maximum Gasteiger partial charge on any atom is 0.257 e. The Bertz CT molecular complexity index is 383. The van der Waals surface area contributed by atoms with Crippen molar-refractivity contribution in [3.63, 3.8) is 0 Å². The number of nitrogens with two attached hydrogens (primary N) is 1. The van der Waals surface area contributed by atoms with Gasteiger partial charge in [0.1, 0.15) is 5.76 Å². The standard InChI is InChI=1S/C13H22N2O2/c1-5-11-10(6-7-17-11)12(16)15(4)9-13(2,3)8-14/h6-7H,5,8-9,14H2,1-4H3. The first kappa shape index (κ1) is 13.8. The van der Waals surface area contributed by atoms with E-state index in [2.05, 4.69) is 0 Å². The molecule has 4 heteroatoms. The van der Waals surface area contributed by atoms with E-state index in [4.69, 9.17) is 10.2 Å². The molecule has 0 radical (unpaired) electrons. The van der Waals surface area contributed by atoms with Crippen LogP contribution in [0.1, 0.15) is 36.9 Å². The molecule has 1 heterocycles. The van der Waals surface area contributed by atoms with Crippen molar-refractivity contribution in [3.8, 4) is 0 Å². The second-order valence-corrected chi connectivity index (χ2v) is 5.14. The van der Waals surface area contributed by atoms with Gasteiger partial charge in [-0.25, -0.2) is 0 Å². The molecule has 0 saturated heterocycles. The third kappa shape index (κ3) is 3.33. The zero-order chi connectivity index (χ0) is 13.1. The summed E-state index contributed by atoms with van der Waals surface area (Å²) in [6.07, 6.45) is 2.29. The van der Waals surface area contributed by atoms with Gasteiger partial charge in [-0.3, -0.25) is 4.79 Å². The number of hydrogen-bond acceptors (Lipinski definition) is 3. The van der Waals surface area contributed by atoms with Gasteiger partial charge in [0, 0.05) is 20.0 Å². The van der Waals surface area contributed by atoms with Gasteiger partial charge in [0.15, 0.2) is 0 Å². The SMILES string of the molecule is CCc1occc1C(=O)N(C)CC(C)(C)CN. The molecular formula is C13H22N2O2. The summed E-state index contributed by atoms with van der Waals surface area (Å²) in [5, 5.41) is 0. The Labute approximate surface area is 103 Å². The molecule has 0 aromatic carbocycles. The van der Waals surface area contributed by atoms with Crippen LogP contribution in [0.25, 0.3) is 0 Å². The van der Waals surface area contributed by atoms with Crippen LogP contribution in [-0.4, -0.2) is 30.9 Å². The molecule has 1 aromatic heterocycles. The van der Waals surface area contributed by atoms with Gasteiger partial charge in [0.25, 0.3) is 5.91 Å². The van der Waals surface area contributed by atoms with Crippen LogP contribution in [0.15, 0.2) is 16.7 Å². The van der Waals surface area contributed by atoms with Gasteiger partial charge in [0.2, 0.25) is 0 Å². The highest BCUT2D eigenvalue weighted by molar-refractivity contribution is 5.95. The molecule has 0 bridgehead atoms. The number of carbonyl (C=O) groups is 1. The molecule has 1 rings (SSSR count). The van der Waals surface area contributed by atoms with E-state index >= 15 is 0 Å². The lowest BCUT2D eigenvalue weighted by Crippen LogP contribution is -2.39. The van der Waals surface area contributed by atoms with Gasteiger partial charge in [-0.05, 0) is 18.0 Å². The van der Waals surface area contributed by atoms with E-state index in [1.165, 1.54) is 0 Å². The average molecular weight is 238 g/mol. The Kier molecular flexibility index (Phi) is 4.34. The number of furan rings is 1. The van der Waals surface area contributed by atoms with Gasteiger partial charge in [-0.2, -0.15) is 0 Å². The zero-order valence-electron chi connectivity index (χ0n) is 11.1. The highest BCUT2D eigenvalue weighted by Crippen LogP contribution is 2.18. The maximum absolute atomic E-state index is 12.2. The monoisotopic (exact) mass is 238 g/mol. The number of aryl methyl sites for hydroxylation is 1. The minimum absolute atomic E-state index is 0.00266. The van der Waals surface area contributed by atoms with Crippen molar-refractivity contribution < 1.29 is 9.21 Å². The van der Waals surface area contributed by atoms with E-state index in [1.54, 1.807) is 24.3 Å².